The lowest BCUT2D eigenvalue weighted by Crippen LogP contribution is -2.11. The summed E-state index contributed by atoms with van der Waals surface area (Å²) in [5, 5.41) is 13.8. The number of aromatic nitrogens is 2. The Balaban J connectivity index is 2.67. The second-order valence-corrected chi connectivity index (χ2v) is 3.48. The van der Waals surface area contributed by atoms with Crippen LogP contribution in [0.25, 0.3) is 0 Å². The molecule has 0 aliphatic heterocycles. The van der Waals surface area contributed by atoms with E-state index in [1.54, 1.807) is 13.3 Å². The van der Waals surface area contributed by atoms with E-state index in [1.807, 2.05) is 24.7 Å². The van der Waals surface area contributed by atoms with E-state index >= 15 is 0 Å². The highest BCUT2D eigenvalue weighted by molar-refractivity contribution is 5.07. The molecule has 0 amide bonds. The summed E-state index contributed by atoms with van der Waals surface area (Å²) in [6.07, 6.45) is 3.89. The van der Waals surface area contributed by atoms with Crippen LogP contribution in [0.5, 0.6) is 0 Å². The first-order chi connectivity index (χ1) is 6.69. The SMILES string of the molecule is CCC(O)c1cnn(C(C)COC)c1. The van der Waals surface area contributed by atoms with E-state index < -0.39 is 6.10 Å². The van der Waals surface area contributed by atoms with Crippen LogP contribution in [0.3, 0.4) is 0 Å². The summed E-state index contributed by atoms with van der Waals surface area (Å²) < 4.78 is 6.85. The number of aliphatic hydroxyl groups is 1. The third-order valence-electron chi connectivity index (χ3n) is 2.25. The number of hydrogen-bond donors (Lipinski definition) is 1. The molecule has 4 heteroatoms. The monoisotopic (exact) mass is 198 g/mol. The molecule has 1 heterocycles. The van der Waals surface area contributed by atoms with E-state index in [4.69, 9.17) is 4.74 Å². The molecule has 0 aliphatic rings. The Morgan fingerprint density at radius 3 is 2.93 bits per heavy atom. The molecule has 1 N–H and O–H groups in total. The molecule has 0 aliphatic carbocycles. The molecule has 14 heavy (non-hydrogen) atoms. The van der Waals surface area contributed by atoms with Crippen LogP contribution in [0.1, 0.15) is 38.0 Å². The minimum absolute atomic E-state index is 0.206. The van der Waals surface area contributed by atoms with Crippen LogP contribution in [0.15, 0.2) is 12.4 Å². The van der Waals surface area contributed by atoms with Crippen LogP contribution in [-0.2, 0) is 4.74 Å². The quantitative estimate of drug-likeness (QED) is 0.780. The predicted molar refractivity (Wildman–Crippen MR) is 54.1 cm³/mol. The Morgan fingerprint density at radius 2 is 2.36 bits per heavy atom. The number of aliphatic hydroxyl groups excluding tert-OH is 1. The molecule has 0 aromatic carbocycles. The Morgan fingerprint density at radius 1 is 1.64 bits per heavy atom. The molecule has 0 radical (unpaired) electrons. The lowest BCUT2D eigenvalue weighted by atomic mass is 10.2. The van der Waals surface area contributed by atoms with Gasteiger partial charge in [0.25, 0.3) is 0 Å². The van der Waals surface area contributed by atoms with E-state index in [0.717, 1.165) is 5.56 Å². The normalized spacial score (nSPS) is 15.4. The minimum Gasteiger partial charge on any atom is -0.388 e. The van der Waals surface area contributed by atoms with Gasteiger partial charge in [0.05, 0.1) is 24.9 Å². The highest BCUT2D eigenvalue weighted by Gasteiger charge is 2.10. The molecule has 1 aromatic rings. The first-order valence-electron chi connectivity index (χ1n) is 4.90. The Bertz CT molecular complexity index is 273. The summed E-state index contributed by atoms with van der Waals surface area (Å²) in [5.74, 6) is 0. The second-order valence-electron chi connectivity index (χ2n) is 3.48. The molecule has 2 unspecified atom stereocenters. The number of rotatable bonds is 5. The van der Waals surface area contributed by atoms with Crippen LogP contribution in [0, 0.1) is 0 Å². The fourth-order valence-corrected chi connectivity index (χ4v) is 1.32. The van der Waals surface area contributed by atoms with Gasteiger partial charge >= 0.3 is 0 Å². The highest BCUT2D eigenvalue weighted by atomic mass is 16.5. The van der Waals surface area contributed by atoms with Gasteiger partial charge in [-0.15, -0.1) is 0 Å². The molecule has 0 bridgehead atoms. The third-order valence-corrected chi connectivity index (χ3v) is 2.25. The minimum atomic E-state index is -0.404. The summed E-state index contributed by atoms with van der Waals surface area (Å²) in [6, 6.07) is 0.206. The van der Waals surface area contributed by atoms with E-state index in [9.17, 15) is 5.11 Å². The average Bonchev–Trinajstić information content (AvgIpc) is 2.66. The van der Waals surface area contributed by atoms with E-state index in [0.29, 0.717) is 13.0 Å². The van der Waals surface area contributed by atoms with Gasteiger partial charge in [0.2, 0.25) is 0 Å². The maximum Gasteiger partial charge on any atom is 0.0817 e. The maximum absolute atomic E-state index is 9.57. The molecule has 1 aromatic heterocycles. The van der Waals surface area contributed by atoms with Crippen molar-refractivity contribution in [2.75, 3.05) is 13.7 Å². The van der Waals surface area contributed by atoms with Crippen LogP contribution in [-0.4, -0.2) is 28.6 Å². The van der Waals surface area contributed by atoms with Crippen LogP contribution >= 0.6 is 0 Å². The van der Waals surface area contributed by atoms with Gasteiger partial charge in [-0.3, -0.25) is 4.68 Å². The van der Waals surface area contributed by atoms with E-state index in [-0.39, 0.29) is 6.04 Å². The van der Waals surface area contributed by atoms with Crippen molar-refractivity contribution in [3.63, 3.8) is 0 Å². The van der Waals surface area contributed by atoms with E-state index in [1.165, 1.54) is 0 Å². The topological polar surface area (TPSA) is 47.3 Å². The molecule has 0 fully saturated rings. The number of hydrogen-bond acceptors (Lipinski definition) is 3. The first kappa shape index (κ1) is 11.2. The Kier molecular flexibility index (Phi) is 4.10. The van der Waals surface area contributed by atoms with Gasteiger partial charge in [0, 0.05) is 18.9 Å². The Hall–Kier alpha value is -0.870. The first-order valence-corrected chi connectivity index (χ1v) is 4.90. The predicted octanol–water partition coefficient (Wildman–Crippen LogP) is 1.53. The van der Waals surface area contributed by atoms with Crippen molar-refractivity contribution in [1.82, 2.24) is 9.78 Å². The zero-order valence-corrected chi connectivity index (χ0v) is 8.97. The van der Waals surface area contributed by atoms with Gasteiger partial charge in [0.1, 0.15) is 0 Å². The van der Waals surface area contributed by atoms with Gasteiger partial charge in [-0.25, -0.2) is 0 Å². The standard InChI is InChI=1S/C10H18N2O2/c1-4-10(13)9-5-11-12(6-9)8(2)7-14-3/h5-6,8,10,13H,4,7H2,1-3H3. The van der Waals surface area contributed by atoms with Gasteiger partial charge in [-0.05, 0) is 13.3 Å². The maximum atomic E-state index is 9.57. The summed E-state index contributed by atoms with van der Waals surface area (Å²) in [6.45, 7) is 4.60. The smallest absolute Gasteiger partial charge is 0.0817 e. The van der Waals surface area contributed by atoms with Gasteiger partial charge in [0.15, 0.2) is 0 Å². The van der Waals surface area contributed by atoms with Crippen molar-refractivity contribution < 1.29 is 9.84 Å². The van der Waals surface area contributed by atoms with E-state index in [2.05, 4.69) is 5.10 Å². The molecule has 2 atom stereocenters. The summed E-state index contributed by atoms with van der Waals surface area (Å²) >= 11 is 0. The van der Waals surface area contributed by atoms with Crippen molar-refractivity contribution in [3.8, 4) is 0 Å². The molecule has 1 rings (SSSR count). The fraction of sp³-hybridized carbons (Fsp3) is 0.700. The van der Waals surface area contributed by atoms with Crippen molar-refractivity contribution in [1.29, 1.82) is 0 Å². The van der Waals surface area contributed by atoms with Crippen LogP contribution in [0.4, 0.5) is 0 Å². The zero-order valence-electron chi connectivity index (χ0n) is 8.97. The summed E-state index contributed by atoms with van der Waals surface area (Å²) in [7, 11) is 1.67. The molecule has 0 spiro atoms. The number of nitrogens with zero attached hydrogens (tertiary/aromatic N) is 2. The molecule has 4 nitrogen and oxygen atoms in total. The van der Waals surface area contributed by atoms with Gasteiger partial charge in [-0.1, -0.05) is 6.92 Å². The average molecular weight is 198 g/mol. The zero-order chi connectivity index (χ0) is 10.6. The summed E-state index contributed by atoms with van der Waals surface area (Å²) in [5.41, 5.74) is 0.871. The number of methoxy groups -OCH3 is 1. The Labute approximate surface area is 84.5 Å². The van der Waals surface area contributed by atoms with Gasteiger partial charge in [-0.2, -0.15) is 5.10 Å². The fourth-order valence-electron chi connectivity index (χ4n) is 1.32. The van der Waals surface area contributed by atoms with Crippen LogP contribution < -0.4 is 0 Å². The lowest BCUT2D eigenvalue weighted by molar-refractivity contribution is 0.156. The second kappa shape index (κ2) is 5.12. The molecular weight excluding hydrogens is 180 g/mol. The van der Waals surface area contributed by atoms with Crippen molar-refractivity contribution in [2.24, 2.45) is 0 Å². The van der Waals surface area contributed by atoms with Gasteiger partial charge < -0.3 is 9.84 Å². The van der Waals surface area contributed by atoms with Crippen molar-refractivity contribution in [3.05, 3.63) is 18.0 Å². The van der Waals surface area contributed by atoms with Crippen molar-refractivity contribution in [2.45, 2.75) is 32.4 Å². The van der Waals surface area contributed by atoms with Crippen LogP contribution in [0.2, 0.25) is 0 Å². The number of ether oxygens (including phenoxy) is 1. The molecule has 80 valence electrons. The van der Waals surface area contributed by atoms with Crippen molar-refractivity contribution >= 4 is 0 Å². The third kappa shape index (κ3) is 2.56. The molecular formula is C10H18N2O2. The summed E-state index contributed by atoms with van der Waals surface area (Å²) in [4.78, 5) is 0. The largest absolute Gasteiger partial charge is 0.388 e. The molecule has 0 saturated heterocycles. The lowest BCUT2D eigenvalue weighted by Gasteiger charge is -2.10. The molecule has 0 saturated carbocycles. The highest BCUT2D eigenvalue weighted by Crippen LogP contribution is 2.16.